The Labute approximate surface area is 154 Å². The maximum atomic E-state index is 12.8. The van der Waals surface area contributed by atoms with Crippen LogP contribution < -0.4 is 5.32 Å². The van der Waals surface area contributed by atoms with E-state index in [1.165, 1.54) is 11.3 Å². The third kappa shape index (κ3) is 3.05. The van der Waals surface area contributed by atoms with Crippen molar-refractivity contribution in [3.63, 3.8) is 0 Å². The minimum absolute atomic E-state index is 0.0425. The van der Waals surface area contributed by atoms with Crippen molar-refractivity contribution < 1.29 is 4.79 Å². The molecule has 0 saturated carbocycles. The lowest BCUT2D eigenvalue weighted by molar-refractivity contribution is 0.0773. The summed E-state index contributed by atoms with van der Waals surface area (Å²) in [5, 5.41) is 13.2. The smallest absolute Gasteiger partial charge is 0.256 e. The van der Waals surface area contributed by atoms with Crippen molar-refractivity contribution in [2.45, 2.75) is 25.8 Å². The third-order valence-electron chi connectivity index (χ3n) is 4.31. The fraction of sp³-hybridized carbons (Fsp3) is 0.294. The minimum atomic E-state index is -0.0734. The topological polar surface area (TPSA) is 70.0 Å². The number of hydrogen-bond donors (Lipinski definition) is 1. The van der Waals surface area contributed by atoms with E-state index in [-0.39, 0.29) is 11.9 Å². The number of thiazole rings is 1. The van der Waals surface area contributed by atoms with Gasteiger partial charge in [-0.15, -0.1) is 16.4 Å². The standard InChI is InChI=1S/C17H16ClN5OS/c1-10-20-15(18)14(25-10)9-19-22-16-13-7-4-8-23(13)17(24)11-5-2-3-6-12(11)21-16/h2-3,5-6,9,13H,4,7-8H2,1H3,(H,21,22)/t13-/m0/s1. The second kappa shape index (κ2) is 6.57. The van der Waals surface area contributed by atoms with E-state index in [0.29, 0.717) is 16.6 Å². The Bertz CT molecular complexity index is 891. The molecule has 1 atom stereocenters. The van der Waals surface area contributed by atoms with Gasteiger partial charge in [0.15, 0.2) is 5.84 Å². The first kappa shape index (κ1) is 16.2. The molecule has 3 heterocycles. The first-order chi connectivity index (χ1) is 12.1. The van der Waals surface area contributed by atoms with Crippen LogP contribution in [0.4, 0.5) is 5.69 Å². The Morgan fingerprint density at radius 3 is 3.08 bits per heavy atom. The zero-order chi connectivity index (χ0) is 17.4. The molecule has 2 aliphatic rings. The molecule has 0 radical (unpaired) electrons. The number of hydrogen-bond acceptors (Lipinski definition) is 5. The number of halogens is 1. The highest BCUT2D eigenvalue weighted by molar-refractivity contribution is 7.13. The van der Waals surface area contributed by atoms with Gasteiger partial charge in [0.2, 0.25) is 0 Å². The first-order valence-corrected chi connectivity index (χ1v) is 9.24. The van der Waals surface area contributed by atoms with Crippen LogP contribution in [0.3, 0.4) is 0 Å². The number of aryl methyl sites for hydroxylation is 1. The molecule has 0 spiro atoms. The molecule has 0 aliphatic carbocycles. The molecule has 1 N–H and O–H groups in total. The number of anilines is 1. The molecule has 1 saturated heterocycles. The third-order valence-corrected chi connectivity index (χ3v) is 5.61. The zero-order valence-electron chi connectivity index (χ0n) is 13.6. The molecule has 4 rings (SSSR count). The van der Waals surface area contributed by atoms with Crippen molar-refractivity contribution in [1.29, 1.82) is 0 Å². The maximum Gasteiger partial charge on any atom is 0.256 e. The summed E-state index contributed by atoms with van der Waals surface area (Å²) in [5.74, 6) is 0.727. The number of aromatic nitrogens is 1. The molecular weight excluding hydrogens is 358 g/mol. The number of carbonyl (C=O) groups excluding carboxylic acids is 1. The minimum Gasteiger partial charge on any atom is -0.340 e. The van der Waals surface area contributed by atoms with Gasteiger partial charge in [0.1, 0.15) is 5.15 Å². The summed E-state index contributed by atoms with van der Waals surface area (Å²) in [4.78, 5) is 19.6. The number of fused-ring (bicyclic) bond motifs is 2. The van der Waals surface area contributed by atoms with Crippen LogP contribution in [0.25, 0.3) is 0 Å². The van der Waals surface area contributed by atoms with Gasteiger partial charge in [-0.2, -0.15) is 5.10 Å². The normalized spacial score (nSPS) is 21.4. The number of amidine groups is 1. The van der Waals surface area contributed by atoms with Gasteiger partial charge in [0, 0.05) is 6.54 Å². The zero-order valence-corrected chi connectivity index (χ0v) is 15.1. The van der Waals surface area contributed by atoms with Gasteiger partial charge in [-0.3, -0.25) is 4.79 Å². The number of carbonyl (C=O) groups is 1. The van der Waals surface area contributed by atoms with Crippen molar-refractivity contribution >= 4 is 46.6 Å². The molecule has 1 amide bonds. The molecule has 1 aromatic carbocycles. The quantitative estimate of drug-likeness (QED) is 0.646. The van der Waals surface area contributed by atoms with Gasteiger partial charge in [-0.05, 0) is 31.9 Å². The largest absolute Gasteiger partial charge is 0.340 e. The molecule has 1 aromatic heterocycles. The number of benzene rings is 1. The lowest BCUT2D eigenvalue weighted by atomic mass is 10.1. The Hall–Kier alpha value is -2.25. The van der Waals surface area contributed by atoms with Gasteiger partial charge in [-0.1, -0.05) is 23.7 Å². The predicted octanol–water partition coefficient (Wildman–Crippen LogP) is 3.57. The van der Waals surface area contributed by atoms with Crippen LogP contribution in [0.2, 0.25) is 5.15 Å². The van der Waals surface area contributed by atoms with Crippen LogP contribution >= 0.6 is 22.9 Å². The fourth-order valence-corrected chi connectivity index (χ4v) is 4.21. The molecule has 2 aromatic rings. The highest BCUT2D eigenvalue weighted by atomic mass is 35.5. The molecule has 0 bridgehead atoms. The molecule has 2 aliphatic heterocycles. The van der Waals surface area contributed by atoms with Gasteiger partial charge >= 0.3 is 0 Å². The Morgan fingerprint density at radius 2 is 2.28 bits per heavy atom. The summed E-state index contributed by atoms with van der Waals surface area (Å²) >= 11 is 7.53. The number of para-hydroxylation sites is 1. The van der Waals surface area contributed by atoms with Gasteiger partial charge in [0.25, 0.3) is 5.91 Å². The van der Waals surface area contributed by atoms with Crippen molar-refractivity contribution in [1.82, 2.24) is 9.88 Å². The highest BCUT2D eigenvalue weighted by Crippen LogP contribution is 2.29. The van der Waals surface area contributed by atoms with E-state index in [9.17, 15) is 4.79 Å². The molecule has 1 fully saturated rings. The summed E-state index contributed by atoms with van der Waals surface area (Å²) in [5.41, 5.74) is 1.44. The number of amides is 1. The Morgan fingerprint density at radius 1 is 1.44 bits per heavy atom. The van der Waals surface area contributed by atoms with E-state index in [1.54, 1.807) is 6.21 Å². The SMILES string of the molecule is Cc1nc(Cl)c(C=N/N=C2/Nc3ccccc3C(=O)N3CCC[C@@H]23)s1. The van der Waals surface area contributed by atoms with Crippen LogP contribution in [-0.4, -0.2) is 40.4 Å². The molecule has 6 nitrogen and oxygen atoms in total. The van der Waals surface area contributed by atoms with Crippen molar-refractivity contribution in [3.8, 4) is 0 Å². The fourth-order valence-electron chi connectivity index (χ4n) is 3.18. The van der Waals surface area contributed by atoms with E-state index in [1.807, 2.05) is 36.1 Å². The lowest BCUT2D eigenvalue weighted by Crippen LogP contribution is -2.40. The lowest BCUT2D eigenvalue weighted by Gasteiger charge is -2.21. The average Bonchev–Trinajstić information content (AvgIpc) is 3.18. The summed E-state index contributed by atoms with van der Waals surface area (Å²) < 4.78 is 0. The second-order valence-electron chi connectivity index (χ2n) is 5.94. The van der Waals surface area contributed by atoms with Crippen LogP contribution in [0.5, 0.6) is 0 Å². The predicted molar refractivity (Wildman–Crippen MR) is 101 cm³/mol. The highest BCUT2D eigenvalue weighted by Gasteiger charge is 2.37. The number of nitrogens with zero attached hydrogens (tertiary/aromatic N) is 4. The second-order valence-corrected chi connectivity index (χ2v) is 7.54. The molecule has 8 heteroatoms. The van der Waals surface area contributed by atoms with Crippen molar-refractivity contribution in [2.75, 3.05) is 11.9 Å². The maximum absolute atomic E-state index is 12.8. The van der Waals surface area contributed by atoms with E-state index < -0.39 is 0 Å². The van der Waals surface area contributed by atoms with Crippen LogP contribution in [-0.2, 0) is 0 Å². The number of rotatable bonds is 2. The Balaban J connectivity index is 1.68. The van der Waals surface area contributed by atoms with E-state index in [2.05, 4.69) is 20.5 Å². The molecular formula is C17H16ClN5OS. The van der Waals surface area contributed by atoms with Crippen molar-refractivity contribution in [2.24, 2.45) is 10.2 Å². The summed E-state index contributed by atoms with van der Waals surface area (Å²) in [6, 6.07) is 7.42. The summed E-state index contributed by atoms with van der Waals surface area (Å²) in [6.07, 6.45) is 3.45. The molecule has 0 unspecified atom stereocenters. The molecule has 25 heavy (non-hydrogen) atoms. The van der Waals surface area contributed by atoms with E-state index in [0.717, 1.165) is 35.0 Å². The van der Waals surface area contributed by atoms with Crippen LogP contribution in [0, 0.1) is 6.92 Å². The van der Waals surface area contributed by atoms with Gasteiger partial charge < -0.3 is 10.2 Å². The monoisotopic (exact) mass is 373 g/mol. The average molecular weight is 374 g/mol. The van der Waals surface area contributed by atoms with E-state index in [4.69, 9.17) is 11.6 Å². The first-order valence-electron chi connectivity index (χ1n) is 8.04. The van der Waals surface area contributed by atoms with Crippen LogP contribution in [0.1, 0.15) is 33.1 Å². The van der Waals surface area contributed by atoms with Gasteiger partial charge in [0.05, 0.1) is 33.4 Å². The molecule has 128 valence electrons. The Kier molecular flexibility index (Phi) is 4.27. The van der Waals surface area contributed by atoms with Gasteiger partial charge in [-0.25, -0.2) is 4.98 Å². The number of nitrogens with one attached hydrogen (secondary N) is 1. The summed E-state index contributed by atoms with van der Waals surface area (Å²) in [7, 11) is 0. The van der Waals surface area contributed by atoms with Crippen LogP contribution in [0.15, 0.2) is 34.5 Å². The van der Waals surface area contributed by atoms with Crippen molar-refractivity contribution in [3.05, 3.63) is 44.9 Å². The summed E-state index contributed by atoms with van der Waals surface area (Å²) in [6.45, 7) is 2.63. The van der Waals surface area contributed by atoms with E-state index >= 15 is 0 Å².